The molecule has 0 aliphatic heterocycles. The summed E-state index contributed by atoms with van der Waals surface area (Å²) >= 11 is 0. The molecule has 0 radical (unpaired) electrons. The Kier molecular flexibility index (Phi) is 2.81. The second-order valence-electron chi connectivity index (χ2n) is 5.23. The van der Waals surface area contributed by atoms with Gasteiger partial charge < -0.3 is 0 Å². The van der Waals surface area contributed by atoms with Crippen molar-refractivity contribution in [1.29, 1.82) is 0 Å². The van der Waals surface area contributed by atoms with Crippen molar-refractivity contribution in [2.24, 2.45) is 23.7 Å². The van der Waals surface area contributed by atoms with Crippen molar-refractivity contribution in [3.63, 3.8) is 0 Å². The number of ketones is 1. The van der Waals surface area contributed by atoms with E-state index >= 15 is 0 Å². The molecule has 0 heterocycles. The van der Waals surface area contributed by atoms with Gasteiger partial charge in [-0.05, 0) is 50.0 Å². The van der Waals surface area contributed by atoms with Crippen LogP contribution in [-0.2, 0) is 4.79 Å². The first-order chi connectivity index (χ1) is 7.11. The molecule has 0 amide bonds. The van der Waals surface area contributed by atoms with Gasteiger partial charge >= 0.3 is 0 Å². The average molecular weight is 204 g/mol. The number of fused-ring (bicyclic) bond motifs is 1. The van der Waals surface area contributed by atoms with E-state index in [1.807, 2.05) is 6.08 Å². The van der Waals surface area contributed by atoms with Gasteiger partial charge in [0.25, 0.3) is 0 Å². The van der Waals surface area contributed by atoms with Crippen LogP contribution in [0.25, 0.3) is 0 Å². The van der Waals surface area contributed by atoms with E-state index in [1.54, 1.807) is 6.08 Å². The lowest BCUT2D eigenvalue weighted by Crippen LogP contribution is -2.26. The molecule has 0 aromatic carbocycles. The molecule has 0 unspecified atom stereocenters. The lowest BCUT2D eigenvalue weighted by atomic mass is 9.75. The SMILES string of the molecule is C=C(C)[C@@H]1CC=CC(=O)[C@@H]2CC[C@@H](C)[C@@H]12. The zero-order valence-electron chi connectivity index (χ0n) is 9.70. The summed E-state index contributed by atoms with van der Waals surface area (Å²) in [7, 11) is 0. The molecule has 1 nitrogen and oxygen atoms in total. The molecule has 1 fully saturated rings. The van der Waals surface area contributed by atoms with E-state index in [9.17, 15) is 4.79 Å². The number of carbonyl (C=O) groups excluding carboxylic acids is 1. The Morgan fingerprint density at radius 3 is 2.87 bits per heavy atom. The predicted molar refractivity (Wildman–Crippen MR) is 62.4 cm³/mol. The number of hydrogen-bond donors (Lipinski definition) is 0. The van der Waals surface area contributed by atoms with Gasteiger partial charge in [0.2, 0.25) is 0 Å². The van der Waals surface area contributed by atoms with Crippen molar-refractivity contribution in [1.82, 2.24) is 0 Å². The standard InChI is InChI=1S/C14H20O/c1-9(2)11-5-4-6-13(15)12-8-7-10(3)14(11)12/h4,6,10-12,14H,1,5,7-8H2,2-3H3/t10-,11+,12+,14+/m1/s1. The van der Waals surface area contributed by atoms with Gasteiger partial charge in [-0.1, -0.05) is 25.2 Å². The van der Waals surface area contributed by atoms with Gasteiger partial charge in [-0.2, -0.15) is 0 Å². The van der Waals surface area contributed by atoms with Gasteiger partial charge in [0.1, 0.15) is 0 Å². The molecule has 0 bridgehead atoms. The van der Waals surface area contributed by atoms with Crippen LogP contribution in [0.2, 0.25) is 0 Å². The van der Waals surface area contributed by atoms with Crippen LogP contribution in [0.1, 0.15) is 33.1 Å². The molecule has 0 saturated heterocycles. The molecule has 0 aromatic rings. The third-order valence-corrected chi connectivity index (χ3v) is 4.19. The van der Waals surface area contributed by atoms with Crippen LogP contribution in [-0.4, -0.2) is 5.78 Å². The summed E-state index contributed by atoms with van der Waals surface area (Å²) in [6.45, 7) is 8.49. The maximum atomic E-state index is 11.9. The third-order valence-electron chi connectivity index (χ3n) is 4.19. The molecule has 2 rings (SSSR count). The number of allylic oxidation sites excluding steroid dienone is 3. The fourth-order valence-corrected chi connectivity index (χ4v) is 3.37. The van der Waals surface area contributed by atoms with Crippen LogP contribution in [0.4, 0.5) is 0 Å². The van der Waals surface area contributed by atoms with Gasteiger partial charge in [-0.15, -0.1) is 0 Å². The van der Waals surface area contributed by atoms with Crippen LogP contribution in [0.5, 0.6) is 0 Å². The fourth-order valence-electron chi connectivity index (χ4n) is 3.37. The molecule has 2 aliphatic carbocycles. The highest BCUT2D eigenvalue weighted by molar-refractivity contribution is 5.92. The highest BCUT2D eigenvalue weighted by Crippen LogP contribution is 2.46. The van der Waals surface area contributed by atoms with Crippen molar-refractivity contribution < 1.29 is 4.79 Å². The number of rotatable bonds is 1. The highest BCUT2D eigenvalue weighted by Gasteiger charge is 2.42. The summed E-state index contributed by atoms with van der Waals surface area (Å²) in [6.07, 6.45) is 7.15. The fraction of sp³-hybridized carbons (Fsp3) is 0.643. The van der Waals surface area contributed by atoms with Crippen LogP contribution in [0.15, 0.2) is 24.3 Å². The first-order valence-electron chi connectivity index (χ1n) is 5.97. The monoisotopic (exact) mass is 204 g/mol. The lowest BCUT2D eigenvalue weighted by Gasteiger charge is -2.29. The smallest absolute Gasteiger partial charge is 0.158 e. The summed E-state index contributed by atoms with van der Waals surface area (Å²) in [6, 6.07) is 0. The van der Waals surface area contributed by atoms with Crippen molar-refractivity contribution in [2.45, 2.75) is 33.1 Å². The minimum absolute atomic E-state index is 0.278. The molecule has 1 heteroatoms. The second kappa shape index (κ2) is 3.96. The number of hydrogen-bond acceptors (Lipinski definition) is 1. The Balaban J connectivity index is 2.31. The molecule has 2 aliphatic rings. The minimum atomic E-state index is 0.278. The highest BCUT2D eigenvalue weighted by atomic mass is 16.1. The first kappa shape index (κ1) is 10.7. The van der Waals surface area contributed by atoms with Crippen LogP contribution in [0.3, 0.4) is 0 Å². The molecule has 15 heavy (non-hydrogen) atoms. The van der Waals surface area contributed by atoms with Crippen molar-refractivity contribution in [3.05, 3.63) is 24.3 Å². The average Bonchev–Trinajstić information content (AvgIpc) is 2.45. The van der Waals surface area contributed by atoms with Crippen molar-refractivity contribution in [2.75, 3.05) is 0 Å². The maximum absolute atomic E-state index is 11.9. The summed E-state index contributed by atoms with van der Waals surface area (Å²) in [4.78, 5) is 11.9. The minimum Gasteiger partial charge on any atom is -0.295 e. The molecular weight excluding hydrogens is 184 g/mol. The van der Waals surface area contributed by atoms with Gasteiger partial charge in [0.05, 0.1) is 0 Å². The molecule has 82 valence electrons. The predicted octanol–water partition coefficient (Wildman–Crippen LogP) is 3.37. The van der Waals surface area contributed by atoms with Gasteiger partial charge in [-0.25, -0.2) is 0 Å². The zero-order valence-corrected chi connectivity index (χ0v) is 9.70. The summed E-state index contributed by atoms with van der Waals surface area (Å²) in [5, 5.41) is 0. The Morgan fingerprint density at radius 1 is 1.47 bits per heavy atom. The van der Waals surface area contributed by atoms with Crippen LogP contribution < -0.4 is 0 Å². The number of carbonyl (C=O) groups is 1. The van der Waals surface area contributed by atoms with E-state index in [0.717, 1.165) is 12.8 Å². The van der Waals surface area contributed by atoms with Gasteiger partial charge in [0, 0.05) is 5.92 Å². The molecule has 4 atom stereocenters. The Hall–Kier alpha value is -0.850. The molecule has 0 N–H and O–H groups in total. The summed E-state index contributed by atoms with van der Waals surface area (Å²) < 4.78 is 0. The van der Waals surface area contributed by atoms with E-state index < -0.39 is 0 Å². The third kappa shape index (κ3) is 1.80. The maximum Gasteiger partial charge on any atom is 0.158 e. The normalized spacial score (nSPS) is 40.0. The summed E-state index contributed by atoms with van der Waals surface area (Å²) in [5.74, 6) is 2.38. The Labute approximate surface area is 92.3 Å². The van der Waals surface area contributed by atoms with Crippen LogP contribution >= 0.6 is 0 Å². The van der Waals surface area contributed by atoms with Crippen LogP contribution in [0, 0.1) is 23.7 Å². The topological polar surface area (TPSA) is 17.1 Å². The Bertz CT molecular complexity index is 313. The second-order valence-corrected chi connectivity index (χ2v) is 5.23. The molecule has 0 spiro atoms. The largest absolute Gasteiger partial charge is 0.295 e. The molecule has 1 saturated carbocycles. The van der Waals surface area contributed by atoms with Crippen molar-refractivity contribution >= 4 is 5.78 Å². The summed E-state index contributed by atoms with van der Waals surface area (Å²) in [5.41, 5.74) is 1.25. The zero-order chi connectivity index (χ0) is 11.0. The molecular formula is C14H20O. The lowest BCUT2D eigenvalue weighted by molar-refractivity contribution is -0.119. The van der Waals surface area contributed by atoms with Gasteiger partial charge in [-0.3, -0.25) is 4.79 Å². The van der Waals surface area contributed by atoms with E-state index in [0.29, 0.717) is 23.5 Å². The van der Waals surface area contributed by atoms with Gasteiger partial charge in [0.15, 0.2) is 5.78 Å². The quantitative estimate of drug-likeness (QED) is 0.598. The van der Waals surface area contributed by atoms with Crippen molar-refractivity contribution in [3.8, 4) is 0 Å². The van der Waals surface area contributed by atoms with E-state index in [1.165, 1.54) is 12.0 Å². The Morgan fingerprint density at radius 2 is 2.20 bits per heavy atom. The first-order valence-corrected chi connectivity index (χ1v) is 5.97. The van der Waals surface area contributed by atoms with E-state index in [-0.39, 0.29) is 5.92 Å². The van der Waals surface area contributed by atoms with E-state index in [2.05, 4.69) is 20.4 Å². The van der Waals surface area contributed by atoms with E-state index in [4.69, 9.17) is 0 Å². The molecule has 0 aromatic heterocycles.